The van der Waals surface area contributed by atoms with Gasteiger partial charge in [0.1, 0.15) is 6.10 Å². The van der Waals surface area contributed by atoms with E-state index in [2.05, 4.69) is 19.1 Å². The molecule has 104 valence electrons. The van der Waals surface area contributed by atoms with E-state index in [9.17, 15) is 5.26 Å². The second kappa shape index (κ2) is 6.30. The fourth-order valence-electron chi connectivity index (χ4n) is 2.60. The monoisotopic (exact) mass is 270 g/mol. The van der Waals surface area contributed by atoms with Crippen LogP contribution in [0.25, 0.3) is 0 Å². The lowest BCUT2D eigenvalue weighted by Gasteiger charge is -2.31. The number of nitrogens with zero attached hydrogens (tertiary/aromatic N) is 2. The Kier molecular flexibility index (Phi) is 4.48. The largest absolute Gasteiger partial charge is 0.493 e. The summed E-state index contributed by atoms with van der Waals surface area (Å²) >= 11 is 0. The van der Waals surface area contributed by atoms with Gasteiger partial charge in [-0.1, -0.05) is 6.92 Å². The molecule has 1 aliphatic carbocycles. The van der Waals surface area contributed by atoms with Gasteiger partial charge in [-0.05, 0) is 37.3 Å². The van der Waals surface area contributed by atoms with Crippen molar-refractivity contribution in [2.75, 3.05) is 7.11 Å². The minimum atomic E-state index is -0.106. The molecule has 4 heteroatoms. The van der Waals surface area contributed by atoms with E-state index in [1.165, 1.54) is 0 Å². The Morgan fingerprint density at radius 1 is 1.20 bits per heavy atom. The molecular formula is C16H18N2O2. The van der Waals surface area contributed by atoms with Crippen LogP contribution < -0.4 is 9.47 Å². The average Bonchev–Trinajstić information content (AvgIpc) is 2.48. The summed E-state index contributed by atoms with van der Waals surface area (Å²) in [6, 6.07) is 9.51. The third kappa shape index (κ3) is 3.03. The van der Waals surface area contributed by atoms with Crippen molar-refractivity contribution in [3.8, 4) is 23.6 Å². The molecule has 1 fully saturated rings. The summed E-state index contributed by atoms with van der Waals surface area (Å²) in [5.41, 5.74) is 0.531. The van der Waals surface area contributed by atoms with Gasteiger partial charge >= 0.3 is 0 Å². The predicted octanol–water partition coefficient (Wildman–Crippen LogP) is 3.27. The Morgan fingerprint density at radius 3 is 2.65 bits per heavy atom. The van der Waals surface area contributed by atoms with E-state index in [0.29, 0.717) is 23.0 Å². The van der Waals surface area contributed by atoms with Crippen LogP contribution in [0, 0.1) is 34.5 Å². The lowest BCUT2D eigenvalue weighted by molar-refractivity contribution is 0.0925. The van der Waals surface area contributed by atoms with Crippen LogP contribution in [0.5, 0.6) is 11.5 Å². The maximum Gasteiger partial charge on any atom is 0.162 e. The molecule has 0 aliphatic heterocycles. The Morgan fingerprint density at radius 2 is 2.00 bits per heavy atom. The quantitative estimate of drug-likeness (QED) is 0.845. The first-order valence-corrected chi connectivity index (χ1v) is 6.82. The molecular weight excluding hydrogens is 252 g/mol. The second-order valence-corrected chi connectivity index (χ2v) is 5.29. The summed E-state index contributed by atoms with van der Waals surface area (Å²) in [5, 5.41) is 18.1. The van der Waals surface area contributed by atoms with E-state index in [1.807, 2.05) is 0 Å². The maximum absolute atomic E-state index is 9.23. The van der Waals surface area contributed by atoms with Crippen LogP contribution in [-0.4, -0.2) is 13.2 Å². The van der Waals surface area contributed by atoms with Crippen LogP contribution in [0.4, 0.5) is 0 Å². The molecule has 1 aromatic rings. The molecule has 0 radical (unpaired) electrons. The van der Waals surface area contributed by atoms with Gasteiger partial charge < -0.3 is 9.47 Å². The molecule has 0 amide bonds. The summed E-state index contributed by atoms with van der Waals surface area (Å²) in [6.07, 6.45) is 2.72. The number of ether oxygens (including phenoxy) is 2. The molecule has 1 aliphatic rings. The molecule has 0 heterocycles. The van der Waals surface area contributed by atoms with Gasteiger partial charge in [0.05, 0.1) is 30.7 Å². The minimum absolute atomic E-state index is 0.0773. The number of rotatable bonds is 3. The van der Waals surface area contributed by atoms with E-state index in [4.69, 9.17) is 14.7 Å². The zero-order valence-electron chi connectivity index (χ0n) is 11.8. The predicted molar refractivity (Wildman–Crippen MR) is 74.2 cm³/mol. The fraction of sp³-hybridized carbons (Fsp3) is 0.500. The highest BCUT2D eigenvalue weighted by atomic mass is 16.5. The molecule has 0 aromatic heterocycles. The van der Waals surface area contributed by atoms with Crippen LogP contribution in [0.1, 0.15) is 31.7 Å². The first kappa shape index (κ1) is 14.2. The van der Waals surface area contributed by atoms with Crippen molar-refractivity contribution in [2.45, 2.75) is 32.3 Å². The van der Waals surface area contributed by atoms with Gasteiger partial charge in [-0.2, -0.15) is 10.5 Å². The van der Waals surface area contributed by atoms with E-state index in [0.717, 1.165) is 19.3 Å². The van der Waals surface area contributed by atoms with Crippen molar-refractivity contribution in [3.05, 3.63) is 23.8 Å². The van der Waals surface area contributed by atoms with Crippen LogP contribution in [0.15, 0.2) is 18.2 Å². The highest BCUT2D eigenvalue weighted by Crippen LogP contribution is 2.35. The van der Waals surface area contributed by atoms with Crippen molar-refractivity contribution >= 4 is 0 Å². The third-order valence-corrected chi connectivity index (χ3v) is 3.79. The van der Waals surface area contributed by atoms with E-state index in [-0.39, 0.29) is 12.0 Å². The molecule has 2 rings (SSSR count). The number of hydrogen-bond donors (Lipinski definition) is 0. The SMILES string of the molecule is COc1cc(C#N)ccc1OC1CC(C)CCC1C#N. The molecule has 0 bridgehead atoms. The van der Waals surface area contributed by atoms with Gasteiger partial charge in [-0.3, -0.25) is 0 Å². The molecule has 20 heavy (non-hydrogen) atoms. The Balaban J connectivity index is 2.20. The van der Waals surface area contributed by atoms with E-state index >= 15 is 0 Å². The van der Waals surface area contributed by atoms with E-state index in [1.54, 1.807) is 25.3 Å². The summed E-state index contributed by atoms with van der Waals surface area (Å²) < 4.78 is 11.3. The van der Waals surface area contributed by atoms with Gasteiger partial charge in [-0.25, -0.2) is 0 Å². The zero-order valence-corrected chi connectivity index (χ0v) is 11.8. The van der Waals surface area contributed by atoms with E-state index < -0.39 is 0 Å². The number of nitriles is 2. The summed E-state index contributed by atoms with van der Waals surface area (Å²) in [7, 11) is 1.55. The van der Waals surface area contributed by atoms with Gasteiger partial charge in [0.25, 0.3) is 0 Å². The molecule has 0 N–H and O–H groups in total. The zero-order chi connectivity index (χ0) is 14.5. The molecule has 3 unspecified atom stereocenters. The number of methoxy groups -OCH3 is 1. The van der Waals surface area contributed by atoms with Crippen molar-refractivity contribution in [3.63, 3.8) is 0 Å². The van der Waals surface area contributed by atoms with Crippen molar-refractivity contribution < 1.29 is 9.47 Å². The lowest BCUT2D eigenvalue weighted by atomic mass is 9.81. The van der Waals surface area contributed by atoms with Gasteiger partial charge in [-0.15, -0.1) is 0 Å². The first-order valence-electron chi connectivity index (χ1n) is 6.82. The Bertz CT molecular complexity index is 557. The summed E-state index contributed by atoms with van der Waals surface area (Å²) in [5.74, 6) is 1.63. The second-order valence-electron chi connectivity index (χ2n) is 5.29. The molecule has 0 saturated heterocycles. The van der Waals surface area contributed by atoms with Gasteiger partial charge in [0, 0.05) is 6.07 Å². The van der Waals surface area contributed by atoms with Crippen molar-refractivity contribution in [1.82, 2.24) is 0 Å². The highest BCUT2D eigenvalue weighted by molar-refractivity contribution is 5.46. The number of hydrogen-bond acceptors (Lipinski definition) is 4. The molecule has 0 spiro atoms. The minimum Gasteiger partial charge on any atom is -0.493 e. The fourth-order valence-corrected chi connectivity index (χ4v) is 2.60. The topological polar surface area (TPSA) is 66.0 Å². The number of benzene rings is 1. The summed E-state index contributed by atoms with van der Waals surface area (Å²) in [6.45, 7) is 2.18. The smallest absolute Gasteiger partial charge is 0.162 e. The average molecular weight is 270 g/mol. The normalized spacial score (nSPS) is 25.3. The molecule has 3 atom stereocenters. The van der Waals surface area contributed by atoms with Gasteiger partial charge in [0.2, 0.25) is 0 Å². The maximum atomic E-state index is 9.23. The van der Waals surface area contributed by atoms with Crippen LogP contribution in [0.2, 0.25) is 0 Å². The van der Waals surface area contributed by atoms with Crippen LogP contribution in [-0.2, 0) is 0 Å². The first-order chi connectivity index (χ1) is 9.67. The highest BCUT2D eigenvalue weighted by Gasteiger charge is 2.30. The standard InChI is InChI=1S/C16H18N2O2/c1-11-3-5-13(10-18)15(7-11)20-14-6-4-12(9-17)8-16(14)19-2/h4,6,8,11,13,15H,3,5,7H2,1-2H3. The Hall–Kier alpha value is -2.20. The summed E-state index contributed by atoms with van der Waals surface area (Å²) in [4.78, 5) is 0. The van der Waals surface area contributed by atoms with Gasteiger partial charge in [0.15, 0.2) is 11.5 Å². The molecule has 4 nitrogen and oxygen atoms in total. The van der Waals surface area contributed by atoms with Crippen molar-refractivity contribution in [2.24, 2.45) is 11.8 Å². The third-order valence-electron chi connectivity index (χ3n) is 3.79. The van der Waals surface area contributed by atoms with Crippen LogP contribution >= 0.6 is 0 Å². The van der Waals surface area contributed by atoms with Crippen LogP contribution in [0.3, 0.4) is 0 Å². The van der Waals surface area contributed by atoms with Crippen molar-refractivity contribution in [1.29, 1.82) is 10.5 Å². The molecule has 1 aromatic carbocycles. The molecule has 1 saturated carbocycles. The lowest BCUT2D eigenvalue weighted by Crippen LogP contribution is -2.32. The Labute approximate surface area is 119 Å².